The van der Waals surface area contributed by atoms with Gasteiger partial charge in [-0.25, -0.2) is 4.39 Å². The highest BCUT2D eigenvalue weighted by atomic mass is 19.2. The summed E-state index contributed by atoms with van der Waals surface area (Å²) in [4.78, 5) is 0. The maximum atomic E-state index is 13.6. The van der Waals surface area contributed by atoms with E-state index >= 15 is 0 Å². The van der Waals surface area contributed by atoms with E-state index in [1.807, 2.05) is 0 Å². The third kappa shape index (κ3) is 2.88. The molecule has 0 aliphatic rings. The zero-order chi connectivity index (χ0) is 14.5. The van der Waals surface area contributed by atoms with Crippen LogP contribution >= 0.6 is 0 Å². The molecule has 1 unspecified atom stereocenters. The summed E-state index contributed by atoms with van der Waals surface area (Å²) in [6.07, 6.45) is -0.623. The zero-order valence-corrected chi connectivity index (χ0v) is 11.0. The molecule has 1 atom stereocenters. The van der Waals surface area contributed by atoms with Crippen LogP contribution < -0.4 is 15.2 Å². The first-order chi connectivity index (χ1) is 9.67. The smallest absolute Gasteiger partial charge is 0.200 e. The first-order valence-electron chi connectivity index (χ1n) is 6.11. The largest absolute Gasteiger partial charge is 0.496 e. The quantitative estimate of drug-likeness (QED) is 0.915. The first kappa shape index (κ1) is 14.3. The van der Waals surface area contributed by atoms with Crippen molar-refractivity contribution >= 4 is 0 Å². The van der Waals surface area contributed by atoms with E-state index in [2.05, 4.69) is 0 Å². The Labute approximate surface area is 115 Å². The number of para-hydroxylation sites is 1. The molecule has 0 spiro atoms. The number of benzene rings is 2. The molecule has 2 aromatic carbocycles. The van der Waals surface area contributed by atoms with Crippen LogP contribution in [-0.2, 0) is 0 Å². The van der Waals surface area contributed by atoms with Gasteiger partial charge in [-0.2, -0.15) is 4.39 Å². The van der Waals surface area contributed by atoms with E-state index in [1.165, 1.54) is 19.2 Å². The normalized spacial score (nSPS) is 12.0. The summed E-state index contributed by atoms with van der Waals surface area (Å²) in [5.41, 5.74) is 6.35. The Kier molecular flexibility index (Phi) is 4.53. The molecular formula is C15H15F2NO2. The lowest BCUT2D eigenvalue weighted by atomic mass is 10.1. The molecule has 106 valence electrons. The van der Waals surface area contributed by atoms with Crippen molar-refractivity contribution < 1.29 is 18.3 Å². The summed E-state index contributed by atoms with van der Waals surface area (Å²) in [6, 6.07) is 10.9. The monoisotopic (exact) mass is 279 g/mol. The molecule has 5 heteroatoms. The van der Waals surface area contributed by atoms with E-state index in [1.54, 1.807) is 24.3 Å². The summed E-state index contributed by atoms with van der Waals surface area (Å²) in [5, 5.41) is 0. The summed E-state index contributed by atoms with van der Waals surface area (Å²) in [6.45, 7) is 0.107. The van der Waals surface area contributed by atoms with Gasteiger partial charge in [-0.15, -0.1) is 0 Å². The van der Waals surface area contributed by atoms with Crippen molar-refractivity contribution in [1.82, 2.24) is 0 Å². The maximum absolute atomic E-state index is 13.6. The lowest BCUT2D eigenvalue weighted by molar-refractivity contribution is 0.197. The highest BCUT2D eigenvalue weighted by molar-refractivity contribution is 5.36. The predicted molar refractivity (Wildman–Crippen MR) is 71.8 cm³/mol. The van der Waals surface area contributed by atoms with Gasteiger partial charge >= 0.3 is 0 Å². The van der Waals surface area contributed by atoms with Crippen LogP contribution in [0.1, 0.15) is 11.7 Å². The number of rotatable bonds is 5. The molecule has 0 bridgehead atoms. The highest BCUT2D eigenvalue weighted by Gasteiger charge is 2.19. The second kappa shape index (κ2) is 6.34. The molecule has 2 aromatic rings. The van der Waals surface area contributed by atoms with Gasteiger partial charge in [0.15, 0.2) is 11.6 Å². The Balaban J connectivity index is 2.31. The van der Waals surface area contributed by atoms with Gasteiger partial charge in [-0.05, 0) is 18.2 Å². The van der Waals surface area contributed by atoms with Crippen molar-refractivity contribution in [3.05, 3.63) is 59.7 Å². The topological polar surface area (TPSA) is 44.5 Å². The van der Waals surface area contributed by atoms with Crippen LogP contribution in [0.3, 0.4) is 0 Å². The van der Waals surface area contributed by atoms with Gasteiger partial charge in [0, 0.05) is 12.1 Å². The van der Waals surface area contributed by atoms with Gasteiger partial charge in [0.05, 0.1) is 7.11 Å². The SMILES string of the molecule is COc1ccccc1C(CN)Oc1cccc(F)c1F. The average Bonchev–Trinajstić information content (AvgIpc) is 2.49. The van der Waals surface area contributed by atoms with Gasteiger partial charge in [0.1, 0.15) is 11.9 Å². The molecule has 0 heterocycles. The van der Waals surface area contributed by atoms with E-state index in [0.717, 1.165) is 6.07 Å². The molecule has 0 aromatic heterocycles. The van der Waals surface area contributed by atoms with E-state index in [-0.39, 0.29) is 12.3 Å². The Bertz CT molecular complexity index is 590. The number of ether oxygens (including phenoxy) is 2. The molecular weight excluding hydrogens is 264 g/mol. The van der Waals surface area contributed by atoms with Crippen LogP contribution in [0, 0.1) is 11.6 Å². The molecule has 0 saturated carbocycles. The van der Waals surface area contributed by atoms with Gasteiger partial charge in [-0.1, -0.05) is 24.3 Å². The van der Waals surface area contributed by atoms with Crippen molar-refractivity contribution in [3.63, 3.8) is 0 Å². The Morgan fingerprint density at radius 1 is 1.05 bits per heavy atom. The Hall–Kier alpha value is -2.14. The van der Waals surface area contributed by atoms with E-state index < -0.39 is 17.7 Å². The highest BCUT2D eigenvalue weighted by Crippen LogP contribution is 2.30. The van der Waals surface area contributed by atoms with Crippen molar-refractivity contribution in [3.8, 4) is 11.5 Å². The molecule has 2 rings (SSSR count). The standard InChI is InChI=1S/C15H15F2NO2/c1-19-12-7-3-2-5-10(12)14(9-18)20-13-8-4-6-11(16)15(13)17/h2-8,14H,9,18H2,1H3. The van der Waals surface area contributed by atoms with Crippen LogP contribution in [0.15, 0.2) is 42.5 Å². The zero-order valence-electron chi connectivity index (χ0n) is 11.0. The molecule has 0 fully saturated rings. The third-order valence-corrected chi connectivity index (χ3v) is 2.89. The van der Waals surface area contributed by atoms with Crippen LogP contribution in [0.5, 0.6) is 11.5 Å². The summed E-state index contributed by atoms with van der Waals surface area (Å²) < 4.78 is 37.5. The van der Waals surface area contributed by atoms with Crippen molar-refractivity contribution in [1.29, 1.82) is 0 Å². The van der Waals surface area contributed by atoms with Crippen molar-refractivity contribution in [2.45, 2.75) is 6.10 Å². The minimum Gasteiger partial charge on any atom is -0.496 e. The number of halogens is 2. The third-order valence-electron chi connectivity index (χ3n) is 2.89. The minimum absolute atomic E-state index is 0.107. The minimum atomic E-state index is -1.03. The van der Waals surface area contributed by atoms with Gasteiger partial charge in [0.25, 0.3) is 0 Å². The van der Waals surface area contributed by atoms with Crippen LogP contribution in [0.4, 0.5) is 8.78 Å². The number of methoxy groups -OCH3 is 1. The Morgan fingerprint density at radius 3 is 2.45 bits per heavy atom. The lowest BCUT2D eigenvalue weighted by Gasteiger charge is -2.20. The fraction of sp³-hybridized carbons (Fsp3) is 0.200. The van der Waals surface area contributed by atoms with Crippen molar-refractivity contribution in [2.75, 3.05) is 13.7 Å². The molecule has 0 amide bonds. The molecule has 2 N–H and O–H groups in total. The molecule has 0 saturated heterocycles. The van der Waals surface area contributed by atoms with Crippen LogP contribution in [0.2, 0.25) is 0 Å². The second-order valence-electron chi connectivity index (χ2n) is 4.14. The average molecular weight is 279 g/mol. The van der Waals surface area contributed by atoms with Gasteiger partial charge < -0.3 is 15.2 Å². The number of hydrogen-bond donors (Lipinski definition) is 1. The maximum Gasteiger partial charge on any atom is 0.200 e. The van der Waals surface area contributed by atoms with E-state index in [9.17, 15) is 8.78 Å². The van der Waals surface area contributed by atoms with Crippen LogP contribution in [0.25, 0.3) is 0 Å². The predicted octanol–water partition coefficient (Wildman–Crippen LogP) is 3.05. The summed E-state index contributed by atoms with van der Waals surface area (Å²) in [5.74, 6) is -1.58. The fourth-order valence-electron chi connectivity index (χ4n) is 1.90. The molecule has 3 nitrogen and oxygen atoms in total. The molecule has 0 radical (unpaired) electrons. The summed E-state index contributed by atoms with van der Waals surface area (Å²) in [7, 11) is 1.52. The molecule has 20 heavy (non-hydrogen) atoms. The first-order valence-corrected chi connectivity index (χ1v) is 6.11. The summed E-state index contributed by atoms with van der Waals surface area (Å²) >= 11 is 0. The van der Waals surface area contributed by atoms with Gasteiger partial charge in [0.2, 0.25) is 5.82 Å². The fourth-order valence-corrected chi connectivity index (χ4v) is 1.90. The Morgan fingerprint density at radius 2 is 1.75 bits per heavy atom. The molecule has 0 aliphatic heterocycles. The number of hydrogen-bond acceptors (Lipinski definition) is 3. The molecule has 0 aliphatic carbocycles. The lowest BCUT2D eigenvalue weighted by Crippen LogP contribution is -2.19. The van der Waals surface area contributed by atoms with E-state index in [0.29, 0.717) is 11.3 Å². The van der Waals surface area contributed by atoms with Gasteiger partial charge in [-0.3, -0.25) is 0 Å². The number of nitrogens with two attached hydrogens (primary N) is 1. The van der Waals surface area contributed by atoms with Crippen molar-refractivity contribution in [2.24, 2.45) is 5.73 Å². The van der Waals surface area contributed by atoms with E-state index in [4.69, 9.17) is 15.2 Å². The van der Waals surface area contributed by atoms with Crippen LogP contribution in [-0.4, -0.2) is 13.7 Å². The second-order valence-corrected chi connectivity index (χ2v) is 4.14.